The molecule has 0 fully saturated rings. The normalized spacial score (nSPS) is 15.8. The number of aromatic hydroxyl groups is 1. The lowest BCUT2D eigenvalue weighted by Crippen LogP contribution is -2.42. The maximum atomic E-state index is 12.9. The van der Waals surface area contributed by atoms with E-state index in [1.165, 1.54) is 37.6 Å². The number of halogens is 2. The fourth-order valence-electron chi connectivity index (χ4n) is 3.39. The van der Waals surface area contributed by atoms with Crippen molar-refractivity contribution in [2.75, 3.05) is 32.0 Å². The molecule has 6 N–H and O–H groups in total. The lowest BCUT2D eigenvalue weighted by Gasteiger charge is -2.22. The number of nitrogens with zero attached hydrogens (tertiary/aromatic N) is 3. The van der Waals surface area contributed by atoms with Gasteiger partial charge >= 0.3 is 5.97 Å². The van der Waals surface area contributed by atoms with Crippen LogP contribution in [0.2, 0.25) is 5.02 Å². The standard InChI is InChI=1S/C22H24BrClN6O6/c1-30(21(36)11-2-13(7-25-6-11)28-22-26-8-14(31)9-27-22)10-18(32)29-17(5-19(33)34)15-3-12(24)4-16(23)20(15)35/h2-4,6-7,14,17,31,35H,5,8-10H2,1H3,(H,29,32)(H,33,34)(H2,26,27,28). The van der Waals surface area contributed by atoms with Gasteiger partial charge in [0.05, 0.1) is 53.6 Å². The minimum Gasteiger partial charge on any atom is -0.506 e. The Morgan fingerprint density at radius 3 is 2.72 bits per heavy atom. The first-order chi connectivity index (χ1) is 17.0. The Kier molecular flexibility index (Phi) is 9.07. The number of carboxylic acid groups (broad SMARTS) is 1. The summed E-state index contributed by atoms with van der Waals surface area (Å²) in [5.74, 6) is -2.17. The Morgan fingerprint density at radius 1 is 1.31 bits per heavy atom. The molecule has 2 unspecified atom stereocenters. The number of aliphatic hydroxyl groups excluding tert-OH is 1. The van der Waals surface area contributed by atoms with Crippen LogP contribution in [0.1, 0.15) is 28.4 Å². The maximum absolute atomic E-state index is 12.9. The number of carbonyl (C=O) groups is 3. The summed E-state index contributed by atoms with van der Waals surface area (Å²) in [5.41, 5.74) is 0.795. The number of phenolic OH excluding ortho intramolecular Hbond substituents is 1. The summed E-state index contributed by atoms with van der Waals surface area (Å²) >= 11 is 9.17. The summed E-state index contributed by atoms with van der Waals surface area (Å²) in [6.07, 6.45) is 1.75. The number of benzene rings is 1. The number of anilines is 1. The first-order valence-electron chi connectivity index (χ1n) is 10.7. The van der Waals surface area contributed by atoms with Crippen LogP contribution in [-0.2, 0) is 9.59 Å². The third-order valence-electron chi connectivity index (χ3n) is 5.09. The van der Waals surface area contributed by atoms with Crippen LogP contribution in [0.4, 0.5) is 5.69 Å². The minimum atomic E-state index is -1.21. The molecule has 192 valence electrons. The number of amides is 2. The molecule has 0 radical (unpaired) electrons. The molecule has 0 bridgehead atoms. The van der Waals surface area contributed by atoms with E-state index in [0.29, 0.717) is 18.2 Å². The highest BCUT2D eigenvalue weighted by Gasteiger charge is 2.24. The molecule has 2 atom stereocenters. The van der Waals surface area contributed by atoms with E-state index < -0.39 is 36.4 Å². The van der Waals surface area contributed by atoms with Gasteiger partial charge in [-0.25, -0.2) is 0 Å². The van der Waals surface area contributed by atoms with Gasteiger partial charge in [-0.15, -0.1) is 0 Å². The van der Waals surface area contributed by atoms with Crippen LogP contribution in [0, 0.1) is 0 Å². The van der Waals surface area contributed by atoms with Gasteiger partial charge in [0.15, 0.2) is 5.96 Å². The number of carboxylic acids is 1. The third-order valence-corrected chi connectivity index (χ3v) is 5.91. The number of aliphatic hydroxyl groups is 1. The summed E-state index contributed by atoms with van der Waals surface area (Å²) in [5, 5.41) is 37.8. The van der Waals surface area contributed by atoms with Crippen molar-refractivity contribution in [1.29, 1.82) is 0 Å². The topological polar surface area (TPSA) is 176 Å². The number of likely N-dealkylation sites (N-methyl/N-ethyl adjacent to an activating group) is 1. The fourth-order valence-corrected chi connectivity index (χ4v) is 4.22. The number of hydrogen-bond donors (Lipinski definition) is 6. The van der Waals surface area contributed by atoms with Crippen LogP contribution in [-0.4, -0.2) is 81.7 Å². The zero-order valence-corrected chi connectivity index (χ0v) is 21.4. The second-order valence-corrected chi connectivity index (χ2v) is 9.31. The van der Waals surface area contributed by atoms with Gasteiger partial charge in [-0.05, 0) is 34.1 Å². The molecule has 0 aliphatic carbocycles. The number of nitrogens with one attached hydrogen (secondary N) is 3. The van der Waals surface area contributed by atoms with E-state index >= 15 is 0 Å². The molecular weight excluding hydrogens is 560 g/mol. The van der Waals surface area contributed by atoms with E-state index in [-0.39, 0.29) is 39.5 Å². The van der Waals surface area contributed by atoms with E-state index in [1.807, 2.05) is 0 Å². The Morgan fingerprint density at radius 2 is 2.06 bits per heavy atom. The molecule has 0 saturated carbocycles. The van der Waals surface area contributed by atoms with Gasteiger partial charge in [0.25, 0.3) is 5.91 Å². The van der Waals surface area contributed by atoms with Crippen LogP contribution in [0.25, 0.3) is 0 Å². The molecule has 1 aliphatic heterocycles. The van der Waals surface area contributed by atoms with Crippen molar-refractivity contribution in [3.63, 3.8) is 0 Å². The molecule has 0 saturated heterocycles. The van der Waals surface area contributed by atoms with Crippen molar-refractivity contribution < 1.29 is 29.7 Å². The Balaban J connectivity index is 1.67. The lowest BCUT2D eigenvalue weighted by molar-refractivity contribution is -0.137. The van der Waals surface area contributed by atoms with E-state index in [9.17, 15) is 29.7 Å². The molecule has 0 spiro atoms. The highest BCUT2D eigenvalue weighted by molar-refractivity contribution is 9.10. The number of guanidine groups is 1. The molecule has 2 heterocycles. The molecule has 14 heteroatoms. The van der Waals surface area contributed by atoms with Gasteiger partial charge in [0, 0.05) is 30.4 Å². The molecule has 2 amide bonds. The van der Waals surface area contributed by atoms with E-state index in [1.54, 1.807) is 0 Å². The van der Waals surface area contributed by atoms with Crippen molar-refractivity contribution in [2.24, 2.45) is 4.99 Å². The van der Waals surface area contributed by atoms with Crippen LogP contribution >= 0.6 is 27.5 Å². The molecule has 36 heavy (non-hydrogen) atoms. The van der Waals surface area contributed by atoms with Gasteiger partial charge in [-0.2, -0.15) is 0 Å². The van der Waals surface area contributed by atoms with Crippen LogP contribution in [0.5, 0.6) is 5.75 Å². The third kappa shape index (κ3) is 7.29. The largest absolute Gasteiger partial charge is 0.506 e. The zero-order valence-electron chi connectivity index (χ0n) is 19.0. The van der Waals surface area contributed by atoms with E-state index in [4.69, 9.17) is 11.6 Å². The molecule has 1 aliphatic rings. The van der Waals surface area contributed by atoms with Gasteiger partial charge in [-0.3, -0.25) is 24.4 Å². The zero-order chi connectivity index (χ0) is 26.4. The van der Waals surface area contributed by atoms with Gasteiger partial charge in [0.1, 0.15) is 5.75 Å². The predicted molar refractivity (Wildman–Crippen MR) is 135 cm³/mol. The van der Waals surface area contributed by atoms with Crippen LogP contribution in [0.3, 0.4) is 0 Å². The molecule has 2 aromatic rings. The predicted octanol–water partition coefficient (Wildman–Crippen LogP) is 1.34. The number of aliphatic imine (C=N–C) groups is 1. The Bertz CT molecular complexity index is 1200. The van der Waals surface area contributed by atoms with Crippen LogP contribution < -0.4 is 16.0 Å². The Labute approximate surface area is 219 Å². The first kappa shape index (κ1) is 27.2. The fraction of sp³-hybridized carbons (Fsp3) is 0.318. The van der Waals surface area contributed by atoms with Crippen molar-refractivity contribution in [3.8, 4) is 5.75 Å². The second kappa shape index (κ2) is 12.0. The first-order valence-corrected chi connectivity index (χ1v) is 11.8. The number of β-amino-alcohol motifs (C(OH)–C–C–N with tert-alkyl or cyclic N) is 1. The highest BCUT2D eigenvalue weighted by Crippen LogP contribution is 2.36. The molecule has 1 aromatic heterocycles. The summed E-state index contributed by atoms with van der Waals surface area (Å²) < 4.78 is 0.244. The van der Waals surface area contributed by atoms with Crippen LogP contribution in [0.15, 0.2) is 40.1 Å². The number of pyridine rings is 1. The summed E-state index contributed by atoms with van der Waals surface area (Å²) in [6.45, 7) is 0.190. The quantitative estimate of drug-likeness (QED) is 0.268. The Hall–Kier alpha value is -3.42. The number of aliphatic carboxylic acids is 1. The lowest BCUT2D eigenvalue weighted by atomic mass is 10.0. The molecule has 12 nitrogen and oxygen atoms in total. The van der Waals surface area contributed by atoms with Gasteiger partial charge in [-0.1, -0.05) is 11.6 Å². The van der Waals surface area contributed by atoms with E-state index in [2.05, 4.69) is 41.9 Å². The molecule has 3 rings (SSSR count). The minimum absolute atomic E-state index is 0.119. The van der Waals surface area contributed by atoms with Crippen molar-refractivity contribution in [3.05, 3.63) is 51.2 Å². The molecular formula is C22H24BrClN6O6. The van der Waals surface area contributed by atoms with Gasteiger partial charge < -0.3 is 36.2 Å². The smallest absolute Gasteiger partial charge is 0.305 e. The monoisotopic (exact) mass is 582 g/mol. The van der Waals surface area contributed by atoms with Crippen molar-refractivity contribution >= 4 is 57.0 Å². The summed E-state index contributed by atoms with van der Waals surface area (Å²) in [4.78, 5) is 46.3. The summed E-state index contributed by atoms with van der Waals surface area (Å²) in [6, 6.07) is 3.24. The average Bonchev–Trinajstić information content (AvgIpc) is 2.81. The number of aromatic nitrogens is 1. The van der Waals surface area contributed by atoms with Crippen molar-refractivity contribution in [2.45, 2.75) is 18.6 Å². The van der Waals surface area contributed by atoms with E-state index in [0.717, 1.165) is 4.90 Å². The van der Waals surface area contributed by atoms with Crippen molar-refractivity contribution in [1.82, 2.24) is 20.5 Å². The second-order valence-electron chi connectivity index (χ2n) is 8.02. The SMILES string of the molecule is CN(CC(=O)NC(CC(=O)O)c1cc(Cl)cc(Br)c1O)C(=O)c1cncc(NC2=NCC(O)CN2)c1. The number of hydrogen-bond acceptors (Lipinski definition) is 9. The maximum Gasteiger partial charge on any atom is 0.305 e. The number of carbonyl (C=O) groups excluding carboxylic acids is 2. The number of phenols is 1. The highest BCUT2D eigenvalue weighted by atomic mass is 79.9. The average molecular weight is 584 g/mol. The summed E-state index contributed by atoms with van der Waals surface area (Å²) in [7, 11) is 1.41. The molecule has 1 aromatic carbocycles. The van der Waals surface area contributed by atoms with Gasteiger partial charge in [0.2, 0.25) is 5.91 Å². The number of rotatable bonds is 8.